The Bertz CT molecular complexity index is 221. The van der Waals surface area contributed by atoms with Gasteiger partial charge in [0.05, 0.1) is 12.7 Å². The molecule has 132 valence electrons. The van der Waals surface area contributed by atoms with Crippen LogP contribution in [0.3, 0.4) is 0 Å². The maximum absolute atomic E-state index is 5.67. The Kier molecular flexibility index (Phi) is 15.5. The summed E-state index contributed by atoms with van der Waals surface area (Å²) >= 11 is 6.33. The summed E-state index contributed by atoms with van der Waals surface area (Å²) in [6.45, 7) is 2.64. The Balaban J connectivity index is 1.64. The van der Waals surface area contributed by atoms with Crippen molar-refractivity contribution in [2.45, 2.75) is 76.7 Å². The molecule has 0 spiro atoms. The van der Waals surface area contributed by atoms with Gasteiger partial charge >= 0.3 is 0 Å². The Hall–Kier alpha value is 0.620. The summed E-state index contributed by atoms with van der Waals surface area (Å²) in [5.41, 5.74) is 0. The summed E-state index contributed by atoms with van der Waals surface area (Å²) in [6.07, 6.45) is 15.1. The number of hydrogen-bond acceptors (Lipinski definition) is 4. The lowest BCUT2D eigenvalue weighted by atomic mass is 10.1. The van der Waals surface area contributed by atoms with E-state index in [0.717, 1.165) is 25.6 Å². The zero-order chi connectivity index (χ0) is 15.7. The van der Waals surface area contributed by atoms with E-state index in [-0.39, 0.29) is 0 Å². The van der Waals surface area contributed by atoms with E-state index in [4.69, 9.17) is 9.47 Å². The molecule has 0 radical (unpaired) electrons. The molecule has 1 fully saturated rings. The third-order valence-corrected chi connectivity index (χ3v) is 5.57. The molecule has 1 rings (SSSR count). The highest BCUT2D eigenvalue weighted by Gasteiger charge is 2.14. The van der Waals surface area contributed by atoms with Crippen LogP contribution in [0.25, 0.3) is 0 Å². The fourth-order valence-corrected chi connectivity index (χ4v) is 3.89. The minimum atomic E-state index is 0.380. The van der Waals surface area contributed by atoms with E-state index < -0.39 is 0 Å². The van der Waals surface area contributed by atoms with Crippen molar-refractivity contribution >= 4 is 24.4 Å². The van der Waals surface area contributed by atoms with Gasteiger partial charge in [-0.05, 0) is 49.4 Å². The summed E-state index contributed by atoms with van der Waals surface area (Å²) < 4.78 is 11.2. The molecule has 0 aromatic carbocycles. The quantitative estimate of drug-likeness (QED) is 0.299. The van der Waals surface area contributed by atoms with Crippen LogP contribution in [0.1, 0.15) is 70.6 Å². The van der Waals surface area contributed by atoms with Gasteiger partial charge in [0.2, 0.25) is 0 Å². The highest BCUT2D eigenvalue weighted by Crippen LogP contribution is 2.13. The van der Waals surface area contributed by atoms with Gasteiger partial charge in [0.25, 0.3) is 0 Å². The molecule has 22 heavy (non-hydrogen) atoms. The summed E-state index contributed by atoms with van der Waals surface area (Å²) in [5, 5.41) is 0. The molecule has 1 aliphatic rings. The average molecular weight is 349 g/mol. The van der Waals surface area contributed by atoms with Gasteiger partial charge < -0.3 is 9.47 Å². The van der Waals surface area contributed by atoms with E-state index in [1.165, 1.54) is 82.1 Å². The van der Waals surface area contributed by atoms with Gasteiger partial charge in [0.1, 0.15) is 0 Å². The fourth-order valence-electron chi connectivity index (χ4n) is 2.73. The van der Waals surface area contributed by atoms with E-state index in [0.29, 0.717) is 6.10 Å². The number of thiol groups is 1. The number of hydrogen-bond donors (Lipinski definition) is 1. The third kappa shape index (κ3) is 13.1. The Morgan fingerprint density at radius 1 is 0.909 bits per heavy atom. The molecule has 0 N–H and O–H groups in total. The molecule has 4 heteroatoms. The molecule has 0 aromatic rings. The van der Waals surface area contributed by atoms with Crippen LogP contribution in [-0.4, -0.2) is 43.2 Å². The highest BCUT2D eigenvalue weighted by atomic mass is 32.2. The van der Waals surface area contributed by atoms with Crippen molar-refractivity contribution < 1.29 is 9.47 Å². The molecule has 1 unspecified atom stereocenters. The molecule has 0 aromatic heterocycles. The van der Waals surface area contributed by atoms with E-state index in [1.807, 2.05) is 0 Å². The van der Waals surface area contributed by atoms with Crippen LogP contribution in [0.2, 0.25) is 0 Å². The molecule has 0 aliphatic carbocycles. The molecule has 1 heterocycles. The third-order valence-electron chi connectivity index (χ3n) is 4.10. The monoisotopic (exact) mass is 348 g/mol. The zero-order valence-corrected chi connectivity index (χ0v) is 16.0. The molecule has 1 saturated heterocycles. The molecule has 2 nitrogen and oxygen atoms in total. The van der Waals surface area contributed by atoms with E-state index >= 15 is 0 Å². The van der Waals surface area contributed by atoms with Crippen molar-refractivity contribution in [3.8, 4) is 0 Å². The van der Waals surface area contributed by atoms with Gasteiger partial charge in [0, 0.05) is 13.2 Å². The molecular weight excluding hydrogens is 312 g/mol. The van der Waals surface area contributed by atoms with Crippen LogP contribution >= 0.6 is 24.4 Å². The summed E-state index contributed by atoms with van der Waals surface area (Å²) in [7, 11) is 0. The Labute approximate surface area is 147 Å². The summed E-state index contributed by atoms with van der Waals surface area (Å²) in [6, 6.07) is 0. The Morgan fingerprint density at radius 2 is 1.59 bits per heavy atom. The van der Waals surface area contributed by atoms with Crippen LogP contribution in [0, 0.1) is 0 Å². The maximum atomic E-state index is 5.67. The predicted molar refractivity (Wildman–Crippen MR) is 103 cm³/mol. The topological polar surface area (TPSA) is 18.5 Å². The van der Waals surface area contributed by atoms with Crippen LogP contribution < -0.4 is 0 Å². The zero-order valence-electron chi connectivity index (χ0n) is 14.3. The van der Waals surface area contributed by atoms with Gasteiger partial charge in [-0.2, -0.15) is 24.4 Å². The van der Waals surface area contributed by atoms with Gasteiger partial charge in [-0.3, -0.25) is 0 Å². The molecule has 1 aliphatic heterocycles. The summed E-state index contributed by atoms with van der Waals surface area (Å²) in [4.78, 5) is 0. The lowest BCUT2D eigenvalue weighted by Gasteiger charge is -2.09. The van der Waals surface area contributed by atoms with Crippen molar-refractivity contribution in [3.05, 3.63) is 0 Å². The van der Waals surface area contributed by atoms with Crippen molar-refractivity contribution in [2.75, 3.05) is 37.1 Å². The Morgan fingerprint density at radius 3 is 2.27 bits per heavy atom. The van der Waals surface area contributed by atoms with E-state index in [2.05, 4.69) is 24.4 Å². The van der Waals surface area contributed by atoms with E-state index in [1.54, 1.807) is 0 Å². The second-order valence-corrected chi connectivity index (χ2v) is 7.90. The first-order chi connectivity index (χ1) is 10.9. The standard InChI is InChI=1S/C18H36O2S2/c21-14-7-5-3-1-2-4-6-8-15-22-16-10-12-19-17-18-11-9-13-20-18/h18,21H,1-17H2. The molecular formula is C18H36O2S2. The SMILES string of the molecule is SCCCCCCCCCCSCCCOCC1CCCO1. The highest BCUT2D eigenvalue weighted by molar-refractivity contribution is 7.99. The molecule has 0 bridgehead atoms. The van der Waals surface area contributed by atoms with Gasteiger partial charge in [0.15, 0.2) is 0 Å². The van der Waals surface area contributed by atoms with Gasteiger partial charge in [-0.15, -0.1) is 0 Å². The van der Waals surface area contributed by atoms with Gasteiger partial charge in [-0.25, -0.2) is 0 Å². The lowest BCUT2D eigenvalue weighted by molar-refractivity contribution is 0.0177. The lowest BCUT2D eigenvalue weighted by Crippen LogP contribution is -2.14. The fraction of sp³-hybridized carbons (Fsp3) is 1.00. The second-order valence-electron chi connectivity index (χ2n) is 6.23. The van der Waals surface area contributed by atoms with Crippen LogP contribution in [0.5, 0.6) is 0 Å². The van der Waals surface area contributed by atoms with Crippen molar-refractivity contribution in [1.82, 2.24) is 0 Å². The van der Waals surface area contributed by atoms with Gasteiger partial charge in [-0.1, -0.05) is 38.5 Å². The summed E-state index contributed by atoms with van der Waals surface area (Å²) in [5.74, 6) is 3.62. The minimum absolute atomic E-state index is 0.380. The van der Waals surface area contributed by atoms with Crippen LogP contribution in [0.4, 0.5) is 0 Å². The number of thioether (sulfide) groups is 1. The predicted octanol–water partition coefficient (Wildman–Crippen LogP) is 5.36. The first-order valence-corrected chi connectivity index (χ1v) is 11.1. The largest absolute Gasteiger partial charge is 0.379 e. The first-order valence-electron chi connectivity index (χ1n) is 9.31. The smallest absolute Gasteiger partial charge is 0.0809 e. The molecule has 0 saturated carbocycles. The minimum Gasteiger partial charge on any atom is -0.379 e. The average Bonchev–Trinajstić information content (AvgIpc) is 3.04. The maximum Gasteiger partial charge on any atom is 0.0809 e. The van der Waals surface area contributed by atoms with Crippen LogP contribution in [-0.2, 0) is 9.47 Å². The second kappa shape index (κ2) is 16.5. The van der Waals surface area contributed by atoms with Crippen LogP contribution in [0.15, 0.2) is 0 Å². The van der Waals surface area contributed by atoms with Crippen molar-refractivity contribution in [3.63, 3.8) is 0 Å². The van der Waals surface area contributed by atoms with E-state index in [9.17, 15) is 0 Å². The number of ether oxygens (including phenoxy) is 2. The van der Waals surface area contributed by atoms with Crippen molar-refractivity contribution in [1.29, 1.82) is 0 Å². The molecule has 0 amide bonds. The van der Waals surface area contributed by atoms with Crippen molar-refractivity contribution in [2.24, 2.45) is 0 Å². The first kappa shape index (κ1) is 20.7. The number of rotatable bonds is 16. The normalized spacial score (nSPS) is 18.1. The molecule has 1 atom stereocenters. The number of unbranched alkanes of at least 4 members (excludes halogenated alkanes) is 7.